The monoisotopic (exact) mass is 405 g/mol. The van der Waals surface area contributed by atoms with Crippen LogP contribution < -0.4 is 10.9 Å². The first-order chi connectivity index (χ1) is 12.9. The Labute approximate surface area is 163 Å². The standard InChI is InChI=1S/C19H17ClFN3O2S/c1-10-2-4-12-15(6-10)27-18-17(12)19(26)24(9-22-18)8-16(25)23-14-7-11(20)3-5-13(14)21/h3,5,7,9-10H,2,4,6,8H2,1H3,(H,23,25)/t10-/m0/s1. The fourth-order valence-electron chi connectivity index (χ4n) is 3.42. The van der Waals surface area contributed by atoms with Crippen LogP contribution in [0, 0.1) is 11.7 Å². The average Bonchev–Trinajstić information content (AvgIpc) is 2.98. The van der Waals surface area contributed by atoms with Crippen LogP contribution >= 0.6 is 22.9 Å². The summed E-state index contributed by atoms with van der Waals surface area (Å²) in [6.07, 6.45) is 4.24. The lowest BCUT2D eigenvalue weighted by atomic mass is 9.89. The molecule has 1 aromatic carbocycles. The number of nitrogens with zero attached hydrogens (tertiary/aromatic N) is 2. The minimum absolute atomic E-state index is 0.0171. The maximum Gasteiger partial charge on any atom is 0.262 e. The first-order valence-corrected chi connectivity index (χ1v) is 9.86. The summed E-state index contributed by atoms with van der Waals surface area (Å²) in [6.45, 7) is 1.97. The summed E-state index contributed by atoms with van der Waals surface area (Å²) in [5.74, 6) is -0.502. The zero-order valence-corrected chi connectivity index (χ0v) is 16.2. The van der Waals surface area contributed by atoms with E-state index < -0.39 is 11.7 Å². The van der Waals surface area contributed by atoms with Gasteiger partial charge in [0.25, 0.3) is 5.56 Å². The predicted molar refractivity (Wildman–Crippen MR) is 105 cm³/mol. The molecule has 27 heavy (non-hydrogen) atoms. The Kier molecular flexibility index (Phi) is 4.74. The van der Waals surface area contributed by atoms with Crippen molar-refractivity contribution in [3.05, 3.63) is 56.2 Å². The number of thiophene rings is 1. The molecular formula is C19H17ClFN3O2S. The Hall–Kier alpha value is -2.25. The maximum atomic E-state index is 13.8. The molecule has 1 amide bonds. The number of carbonyl (C=O) groups is 1. The van der Waals surface area contributed by atoms with Gasteiger partial charge in [-0.1, -0.05) is 18.5 Å². The summed E-state index contributed by atoms with van der Waals surface area (Å²) in [5, 5.41) is 3.38. The Morgan fingerprint density at radius 1 is 1.48 bits per heavy atom. The SMILES string of the molecule is C[C@H]1CCc2c(sc3ncn(CC(=O)Nc4cc(Cl)ccc4F)c(=O)c23)C1. The number of rotatable bonds is 3. The van der Waals surface area contributed by atoms with Gasteiger partial charge in [-0.25, -0.2) is 9.37 Å². The van der Waals surface area contributed by atoms with Gasteiger partial charge in [0.15, 0.2) is 0 Å². The molecule has 1 aliphatic rings. The third-order valence-electron chi connectivity index (χ3n) is 4.80. The van der Waals surface area contributed by atoms with Crippen LogP contribution in [-0.2, 0) is 24.2 Å². The van der Waals surface area contributed by atoms with Crippen molar-refractivity contribution in [2.75, 3.05) is 5.32 Å². The number of hydrogen-bond acceptors (Lipinski definition) is 4. The van der Waals surface area contributed by atoms with E-state index in [1.54, 1.807) is 11.3 Å². The predicted octanol–water partition coefficient (Wildman–Crippen LogP) is 4.01. The number of fused-ring (bicyclic) bond motifs is 3. The van der Waals surface area contributed by atoms with Gasteiger partial charge in [-0.3, -0.25) is 14.2 Å². The number of benzene rings is 1. The topological polar surface area (TPSA) is 64.0 Å². The largest absolute Gasteiger partial charge is 0.322 e. The third kappa shape index (κ3) is 3.49. The summed E-state index contributed by atoms with van der Waals surface area (Å²) in [7, 11) is 0. The first kappa shape index (κ1) is 18.1. The van der Waals surface area contributed by atoms with Gasteiger partial charge in [0.05, 0.1) is 17.4 Å². The van der Waals surface area contributed by atoms with Crippen molar-refractivity contribution in [1.29, 1.82) is 0 Å². The van der Waals surface area contributed by atoms with E-state index in [0.717, 1.165) is 29.7 Å². The van der Waals surface area contributed by atoms with E-state index in [9.17, 15) is 14.0 Å². The highest BCUT2D eigenvalue weighted by Crippen LogP contribution is 2.35. The second-order valence-electron chi connectivity index (χ2n) is 6.88. The van der Waals surface area contributed by atoms with E-state index in [1.165, 1.54) is 34.0 Å². The summed E-state index contributed by atoms with van der Waals surface area (Å²) >= 11 is 7.40. The molecule has 2 aromatic heterocycles. The van der Waals surface area contributed by atoms with Crippen molar-refractivity contribution in [1.82, 2.24) is 9.55 Å². The molecule has 4 rings (SSSR count). The smallest absolute Gasteiger partial charge is 0.262 e. The maximum absolute atomic E-state index is 13.8. The Morgan fingerprint density at radius 2 is 2.30 bits per heavy atom. The van der Waals surface area contributed by atoms with Crippen LogP contribution in [0.1, 0.15) is 23.8 Å². The van der Waals surface area contributed by atoms with Crippen molar-refractivity contribution < 1.29 is 9.18 Å². The molecule has 0 fully saturated rings. The normalized spacial score (nSPS) is 16.3. The van der Waals surface area contributed by atoms with E-state index in [2.05, 4.69) is 17.2 Å². The van der Waals surface area contributed by atoms with Crippen LogP contribution in [0.25, 0.3) is 10.2 Å². The second-order valence-corrected chi connectivity index (χ2v) is 8.40. The molecule has 1 atom stereocenters. The Bertz CT molecular complexity index is 1110. The first-order valence-electron chi connectivity index (χ1n) is 8.67. The number of carbonyl (C=O) groups excluding carboxylic acids is 1. The average molecular weight is 406 g/mol. The number of aromatic nitrogens is 2. The van der Waals surface area contributed by atoms with Gasteiger partial charge in [-0.2, -0.15) is 0 Å². The fourth-order valence-corrected chi connectivity index (χ4v) is 4.93. The minimum Gasteiger partial charge on any atom is -0.322 e. The summed E-state index contributed by atoms with van der Waals surface area (Å²) < 4.78 is 15.1. The molecule has 0 aliphatic heterocycles. The van der Waals surface area contributed by atoms with Gasteiger partial charge >= 0.3 is 0 Å². The summed E-state index contributed by atoms with van der Waals surface area (Å²) in [5.41, 5.74) is 0.825. The molecule has 0 radical (unpaired) electrons. The molecule has 0 saturated heterocycles. The number of halogens is 2. The van der Waals surface area contributed by atoms with Crippen LogP contribution in [0.3, 0.4) is 0 Å². The number of hydrogen-bond donors (Lipinski definition) is 1. The molecule has 8 heteroatoms. The van der Waals surface area contributed by atoms with Gasteiger partial charge in [-0.05, 0) is 48.9 Å². The van der Waals surface area contributed by atoms with Crippen LogP contribution in [0.5, 0.6) is 0 Å². The van der Waals surface area contributed by atoms with Crippen molar-refractivity contribution in [3.8, 4) is 0 Å². The van der Waals surface area contributed by atoms with E-state index in [4.69, 9.17) is 11.6 Å². The lowest BCUT2D eigenvalue weighted by molar-refractivity contribution is -0.116. The summed E-state index contributed by atoms with van der Waals surface area (Å²) in [6, 6.07) is 3.90. The molecule has 1 N–H and O–H groups in total. The Morgan fingerprint density at radius 3 is 3.11 bits per heavy atom. The number of anilines is 1. The van der Waals surface area contributed by atoms with E-state index in [0.29, 0.717) is 16.3 Å². The highest BCUT2D eigenvalue weighted by atomic mass is 35.5. The molecule has 0 bridgehead atoms. The lowest BCUT2D eigenvalue weighted by Crippen LogP contribution is -2.28. The summed E-state index contributed by atoms with van der Waals surface area (Å²) in [4.78, 5) is 31.5. The van der Waals surface area contributed by atoms with E-state index in [1.807, 2.05) is 0 Å². The van der Waals surface area contributed by atoms with Gasteiger partial charge < -0.3 is 5.32 Å². The van der Waals surface area contributed by atoms with Crippen molar-refractivity contribution in [2.45, 2.75) is 32.7 Å². The highest BCUT2D eigenvalue weighted by molar-refractivity contribution is 7.18. The van der Waals surface area contributed by atoms with Gasteiger partial charge in [0.1, 0.15) is 17.2 Å². The molecule has 3 aromatic rings. The van der Waals surface area contributed by atoms with Crippen LogP contribution in [0.2, 0.25) is 5.02 Å². The quantitative estimate of drug-likeness (QED) is 0.716. The van der Waals surface area contributed by atoms with Gasteiger partial charge in [-0.15, -0.1) is 11.3 Å². The fraction of sp³-hybridized carbons (Fsp3) is 0.316. The highest BCUT2D eigenvalue weighted by Gasteiger charge is 2.23. The van der Waals surface area contributed by atoms with Crippen molar-refractivity contribution >= 4 is 44.7 Å². The molecule has 5 nitrogen and oxygen atoms in total. The molecule has 2 heterocycles. The second kappa shape index (κ2) is 7.05. The van der Waals surface area contributed by atoms with E-state index in [-0.39, 0.29) is 17.8 Å². The van der Waals surface area contributed by atoms with Crippen LogP contribution in [0.15, 0.2) is 29.3 Å². The number of nitrogens with one attached hydrogen (secondary N) is 1. The third-order valence-corrected chi connectivity index (χ3v) is 6.20. The molecule has 0 unspecified atom stereocenters. The van der Waals surface area contributed by atoms with Crippen molar-refractivity contribution in [3.63, 3.8) is 0 Å². The van der Waals surface area contributed by atoms with Gasteiger partial charge in [0.2, 0.25) is 5.91 Å². The number of amides is 1. The molecule has 1 aliphatic carbocycles. The van der Waals surface area contributed by atoms with Crippen molar-refractivity contribution in [2.24, 2.45) is 5.92 Å². The molecular weight excluding hydrogens is 389 g/mol. The van der Waals surface area contributed by atoms with E-state index >= 15 is 0 Å². The van der Waals surface area contributed by atoms with Gasteiger partial charge in [0, 0.05) is 9.90 Å². The number of aryl methyl sites for hydroxylation is 1. The molecule has 0 saturated carbocycles. The zero-order valence-electron chi connectivity index (χ0n) is 14.6. The van der Waals surface area contributed by atoms with Crippen LogP contribution in [0.4, 0.5) is 10.1 Å². The van der Waals surface area contributed by atoms with Crippen LogP contribution in [-0.4, -0.2) is 15.5 Å². The lowest BCUT2D eigenvalue weighted by Gasteiger charge is -2.17. The Balaban J connectivity index is 1.62. The minimum atomic E-state index is -0.588. The molecule has 140 valence electrons. The zero-order chi connectivity index (χ0) is 19.1. The molecule has 0 spiro atoms.